The van der Waals surface area contributed by atoms with E-state index in [-0.39, 0.29) is 17.5 Å². The fraction of sp³-hybridized carbons (Fsp3) is 0.632. The number of guanidine groups is 1. The first-order chi connectivity index (χ1) is 13.0. The predicted molar refractivity (Wildman–Crippen MR) is 108 cm³/mol. The van der Waals surface area contributed by atoms with Crippen LogP contribution in [0.25, 0.3) is 0 Å². The van der Waals surface area contributed by atoms with Crippen LogP contribution in [0.5, 0.6) is 0 Å². The Bertz CT molecular complexity index is 707. The highest BCUT2D eigenvalue weighted by Crippen LogP contribution is 2.11. The lowest BCUT2D eigenvalue weighted by molar-refractivity contribution is 0.0453. The van der Waals surface area contributed by atoms with Gasteiger partial charge >= 0.3 is 0 Å². The molecule has 0 spiro atoms. The van der Waals surface area contributed by atoms with Gasteiger partial charge in [-0.15, -0.1) is 0 Å². The molecule has 0 aromatic heterocycles. The number of nitrogens with one attached hydrogen (secondary N) is 2. The van der Waals surface area contributed by atoms with Crippen molar-refractivity contribution < 1.29 is 17.9 Å². The first-order valence-corrected chi connectivity index (χ1v) is 11.3. The van der Waals surface area contributed by atoms with Crippen LogP contribution >= 0.6 is 0 Å². The van der Waals surface area contributed by atoms with Gasteiger partial charge in [0.25, 0.3) is 0 Å². The van der Waals surface area contributed by atoms with Crippen LogP contribution in [-0.2, 0) is 32.5 Å². The Labute approximate surface area is 162 Å². The Kier molecular flexibility index (Phi) is 9.03. The summed E-state index contributed by atoms with van der Waals surface area (Å²) in [6.07, 6.45) is 0.626. The van der Waals surface area contributed by atoms with Crippen molar-refractivity contribution in [2.24, 2.45) is 4.99 Å². The summed E-state index contributed by atoms with van der Waals surface area (Å²) in [5.74, 6) is 1.07. The molecule has 1 atom stereocenters. The topological polar surface area (TPSA) is 89.0 Å². The largest absolute Gasteiger partial charge is 0.379 e. The average molecular weight is 398 g/mol. The van der Waals surface area contributed by atoms with Gasteiger partial charge in [0.05, 0.1) is 37.9 Å². The minimum absolute atomic E-state index is 0.0714. The summed E-state index contributed by atoms with van der Waals surface area (Å²) >= 11 is 0. The van der Waals surface area contributed by atoms with Crippen LogP contribution in [0.2, 0.25) is 0 Å². The van der Waals surface area contributed by atoms with Gasteiger partial charge in [-0.2, -0.15) is 0 Å². The smallest absolute Gasteiger partial charge is 0.191 e. The highest BCUT2D eigenvalue weighted by Gasteiger charge is 2.28. The molecule has 0 radical (unpaired) electrons. The fourth-order valence-corrected chi connectivity index (χ4v) is 4.54. The Hall–Kier alpha value is -1.64. The van der Waals surface area contributed by atoms with Gasteiger partial charge in [0.15, 0.2) is 15.8 Å². The molecule has 2 N–H and O–H groups in total. The molecule has 0 aliphatic carbocycles. The summed E-state index contributed by atoms with van der Waals surface area (Å²) in [5.41, 5.74) is 2.18. The second-order valence-corrected chi connectivity index (χ2v) is 8.74. The Morgan fingerprint density at radius 1 is 1.22 bits per heavy atom. The molecule has 1 aromatic carbocycles. The van der Waals surface area contributed by atoms with E-state index in [4.69, 9.17) is 9.47 Å². The Balaban J connectivity index is 1.88. The first kappa shape index (κ1) is 21.7. The standard InChI is InChI=1S/C19H31N3O4S/c1-3-20-19(22-18-8-11-27(23,24)15-18)21-13-16-6-5-7-17(12-16)14-26-10-9-25-4-2/h5-7,12,18H,3-4,8-11,13-15H2,1-2H3,(H2,20,21,22). The van der Waals surface area contributed by atoms with E-state index < -0.39 is 9.84 Å². The summed E-state index contributed by atoms with van der Waals surface area (Å²) in [7, 11) is -2.91. The van der Waals surface area contributed by atoms with Crippen LogP contribution in [0, 0.1) is 0 Å². The van der Waals surface area contributed by atoms with E-state index in [1.165, 1.54) is 0 Å². The zero-order valence-electron chi connectivity index (χ0n) is 16.2. The maximum Gasteiger partial charge on any atom is 0.191 e. The lowest BCUT2D eigenvalue weighted by Crippen LogP contribution is -2.44. The minimum Gasteiger partial charge on any atom is -0.379 e. The molecular weight excluding hydrogens is 366 g/mol. The third-order valence-electron chi connectivity index (χ3n) is 4.17. The molecule has 2 rings (SSSR count). The van der Waals surface area contributed by atoms with E-state index >= 15 is 0 Å². The molecule has 1 aromatic rings. The van der Waals surface area contributed by atoms with E-state index in [0.717, 1.165) is 17.7 Å². The molecule has 0 saturated carbocycles. The number of hydrogen-bond acceptors (Lipinski definition) is 5. The molecule has 7 nitrogen and oxygen atoms in total. The zero-order chi connectivity index (χ0) is 19.5. The molecule has 0 bridgehead atoms. The maximum absolute atomic E-state index is 11.6. The maximum atomic E-state index is 11.6. The van der Waals surface area contributed by atoms with Crippen molar-refractivity contribution in [2.45, 2.75) is 39.5 Å². The van der Waals surface area contributed by atoms with Crippen molar-refractivity contribution in [1.29, 1.82) is 0 Å². The van der Waals surface area contributed by atoms with Gasteiger partial charge in [0.2, 0.25) is 0 Å². The van der Waals surface area contributed by atoms with Crippen molar-refractivity contribution in [3.05, 3.63) is 35.4 Å². The highest BCUT2D eigenvalue weighted by molar-refractivity contribution is 7.91. The SMILES string of the molecule is CCNC(=NCc1cccc(COCCOCC)c1)NC1CCS(=O)(=O)C1. The summed E-state index contributed by atoms with van der Waals surface area (Å²) in [4.78, 5) is 4.60. The van der Waals surface area contributed by atoms with Gasteiger partial charge in [0, 0.05) is 19.2 Å². The van der Waals surface area contributed by atoms with Crippen LogP contribution in [0.1, 0.15) is 31.4 Å². The van der Waals surface area contributed by atoms with Crippen LogP contribution < -0.4 is 10.6 Å². The second-order valence-electron chi connectivity index (χ2n) is 6.51. The Morgan fingerprint density at radius 3 is 2.70 bits per heavy atom. The molecule has 0 amide bonds. The number of nitrogens with zero attached hydrogens (tertiary/aromatic N) is 1. The lowest BCUT2D eigenvalue weighted by atomic mass is 10.1. The minimum atomic E-state index is -2.91. The summed E-state index contributed by atoms with van der Waals surface area (Å²) in [6.45, 7) is 7.62. The van der Waals surface area contributed by atoms with Crippen molar-refractivity contribution in [3.8, 4) is 0 Å². The van der Waals surface area contributed by atoms with E-state index in [1.807, 2.05) is 32.0 Å². The van der Waals surface area contributed by atoms with Crippen LogP contribution in [-0.4, -0.2) is 58.3 Å². The molecule has 152 valence electrons. The predicted octanol–water partition coefficient (Wildman–Crippen LogP) is 1.48. The average Bonchev–Trinajstić information content (AvgIpc) is 2.98. The lowest BCUT2D eigenvalue weighted by Gasteiger charge is -2.16. The van der Waals surface area contributed by atoms with Crippen LogP contribution in [0.15, 0.2) is 29.3 Å². The Morgan fingerprint density at radius 2 is 2.00 bits per heavy atom. The number of hydrogen-bond donors (Lipinski definition) is 2. The van der Waals surface area contributed by atoms with Gasteiger partial charge in [-0.3, -0.25) is 0 Å². The van der Waals surface area contributed by atoms with Crippen molar-refractivity contribution in [3.63, 3.8) is 0 Å². The molecule has 1 heterocycles. The third kappa shape index (κ3) is 8.28. The van der Waals surface area contributed by atoms with E-state index in [2.05, 4.69) is 21.7 Å². The van der Waals surface area contributed by atoms with Crippen LogP contribution in [0.4, 0.5) is 0 Å². The van der Waals surface area contributed by atoms with Crippen LogP contribution in [0.3, 0.4) is 0 Å². The number of benzene rings is 1. The molecule has 8 heteroatoms. The normalized spacial score (nSPS) is 19.2. The van der Waals surface area contributed by atoms with Crippen molar-refractivity contribution in [1.82, 2.24) is 10.6 Å². The summed E-state index contributed by atoms with van der Waals surface area (Å²) in [5, 5.41) is 6.41. The highest BCUT2D eigenvalue weighted by atomic mass is 32.2. The monoisotopic (exact) mass is 397 g/mol. The van der Waals surface area contributed by atoms with Gasteiger partial charge < -0.3 is 20.1 Å². The first-order valence-electron chi connectivity index (χ1n) is 9.51. The molecule has 27 heavy (non-hydrogen) atoms. The number of sulfone groups is 1. The molecular formula is C19H31N3O4S. The molecule has 1 fully saturated rings. The van der Waals surface area contributed by atoms with E-state index in [1.54, 1.807) is 0 Å². The van der Waals surface area contributed by atoms with E-state index in [0.29, 0.717) is 45.4 Å². The summed E-state index contributed by atoms with van der Waals surface area (Å²) in [6, 6.07) is 8.05. The quantitative estimate of drug-likeness (QED) is 0.353. The fourth-order valence-electron chi connectivity index (χ4n) is 2.86. The molecule has 1 saturated heterocycles. The van der Waals surface area contributed by atoms with Crippen molar-refractivity contribution >= 4 is 15.8 Å². The molecule has 1 aliphatic rings. The third-order valence-corrected chi connectivity index (χ3v) is 5.94. The molecule has 1 unspecified atom stereocenters. The van der Waals surface area contributed by atoms with Gasteiger partial charge in [-0.05, 0) is 31.4 Å². The number of ether oxygens (including phenoxy) is 2. The molecule has 1 aliphatic heterocycles. The van der Waals surface area contributed by atoms with Gasteiger partial charge in [-0.25, -0.2) is 13.4 Å². The van der Waals surface area contributed by atoms with Gasteiger partial charge in [-0.1, -0.05) is 24.3 Å². The number of rotatable bonds is 10. The zero-order valence-corrected chi connectivity index (χ0v) is 17.1. The van der Waals surface area contributed by atoms with Gasteiger partial charge in [0.1, 0.15) is 0 Å². The van der Waals surface area contributed by atoms with E-state index in [9.17, 15) is 8.42 Å². The summed E-state index contributed by atoms with van der Waals surface area (Å²) < 4.78 is 34.1. The number of aliphatic imine (C=N–C) groups is 1. The second kappa shape index (κ2) is 11.3. The van der Waals surface area contributed by atoms with Crippen molar-refractivity contribution in [2.75, 3.05) is 37.9 Å².